The number of aliphatic carboxylic acids is 1. The van der Waals surface area contributed by atoms with E-state index in [4.69, 9.17) is 0 Å². The molecule has 12 nitrogen and oxygen atoms in total. The second kappa shape index (κ2) is 13.6. The highest BCUT2D eigenvalue weighted by Gasteiger charge is 2.28. The van der Waals surface area contributed by atoms with E-state index in [0.29, 0.717) is 11.6 Å². The summed E-state index contributed by atoms with van der Waals surface area (Å²) >= 11 is 1.44. The van der Waals surface area contributed by atoms with Crippen LogP contribution in [0.25, 0.3) is 0 Å². The zero-order valence-corrected chi connectivity index (χ0v) is 22.0. The van der Waals surface area contributed by atoms with Gasteiger partial charge in [0.15, 0.2) is 0 Å². The van der Waals surface area contributed by atoms with Gasteiger partial charge in [-0.1, -0.05) is 30.3 Å². The van der Waals surface area contributed by atoms with Crippen molar-refractivity contribution in [1.82, 2.24) is 36.2 Å². The van der Waals surface area contributed by atoms with Crippen LogP contribution in [0.4, 0.5) is 0 Å². The van der Waals surface area contributed by atoms with Crippen molar-refractivity contribution in [2.24, 2.45) is 0 Å². The lowest BCUT2D eigenvalue weighted by atomic mass is 9.99. The fourth-order valence-corrected chi connectivity index (χ4v) is 5.26. The Hall–Kier alpha value is -4.10. The molecule has 0 aliphatic carbocycles. The van der Waals surface area contributed by atoms with Gasteiger partial charge in [0.2, 0.25) is 11.8 Å². The first-order valence-corrected chi connectivity index (χ1v) is 13.5. The Balaban J connectivity index is 1.36. The number of imidazole rings is 1. The summed E-state index contributed by atoms with van der Waals surface area (Å²) in [7, 11) is 0. The zero-order valence-electron chi connectivity index (χ0n) is 21.2. The Morgan fingerprint density at radius 2 is 1.82 bits per heavy atom. The number of piperidine rings is 1. The van der Waals surface area contributed by atoms with Gasteiger partial charge in [-0.25, -0.2) is 14.8 Å². The number of thiazole rings is 1. The first kappa shape index (κ1) is 27.9. The summed E-state index contributed by atoms with van der Waals surface area (Å²) in [4.78, 5) is 61.4. The minimum Gasteiger partial charge on any atom is -0.480 e. The molecule has 1 aromatic carbocycles. The van der Waals surface area contributed by atoms with E-state index in [1.165, 1.54) is 23.9 Å². The lowest BCUT2D eigenvalue weighted by Crippen LogP contribution is -2.54. The Bertz CT molecular complexity index is 1260. The zero-order chi connectivity index (χ0) is 27.6. The number of rotatable bonds is 12. The van der Waals surface area contributed by atoms with Crippen molar-refractivity contribution >= 4 is 35.0 Å². The largest absolute Gasteiger partial charge is 0.480 e. The molecule has 2 atom stereocenters. The maximum Gasteiger partial charge on any atom is 0.326 e. The normalized spacial score (nSPS) is 15.2. The first-order valence-electron chi connectivity index (χ1n) is 12.7. The molecule has 13 heteroatoms. The average molecular weight is 554 g/mol. The minimum absolute atomic E-state index is 0.00384. The molecule has 0 bridgehead atoms. The standard InChI is InChI=1S/C26H31N7O5S/c34-22(13-29-23(35)21-14-39-25(33-21)17-6-8-27-9-7-17)31-19(10-16-4-2-1-3-5-16)24(36)32-20(26(37)38)11-18-12-28-15-30-18/h1-5,12,14-15,17,19-20,27H,6-11,13H2,(H,28,30)(H,29,35)(H,31,34)(H,32,36)(H,37,38)/t19-,20-/m0/s1. The Morgan fingerprint density at radius 3 is 2.51 bits per heavy atom. The van der Waals surface area contributed by atoms with Gasteiger partial charge >= 0.3 is 5.97 Å². The van der Waals surface area contributed by atoms with Crippen LogP contribution in [0.2, 0.25) is 0 Å². The van der Waals surface area contributed by atoms with Crippen LogP contribution >= 0.6 is 11.3 Å². The van der Waals surface area contributed by atoms with Gasteiger partial charge in [0, 0.05) is 36.0 Å². The quantitative estimate of drug-likeness (QED) is 0.189. The third kappa shape index (κ3) is 8.19. The van der Waals surface area contributed by atoms with Crippen molar-refractivity contribution in [1.29, 1.82) is 0 Å². The average Bonchev–Trinajstić information content (AvgIpc) is 3.65. The van der Waals surface area contributed by atoms with Gasteiger partial charge in [0.25, 0.3) is 5.91 Å². The predicted molar refractivity (Wildman–Crippen MR) is 143 cm³/mol. The number of carbonyl (C=O) groups is 4. The second-order valence-corrected chi connectivity index (χ2v) is 10.2. The number of carbonyl (C=O) groups excluding carboxylic acids is 3. The number of nitrogens with zero attached hydrogens (tertiary/aromatic N) is 2. The number of H-pyrrole nitrogens is 1. The fourth-order valence-electron chi connectivity index (χ4n) is 4.29. The number of amides is 3. The van der Waals surface area contributed by atoms with Crippen molar-refractivity contribution in [3.63, 3.8) is 0 Å². The summed E-state index contributed by atoms with van der Waals surface area (Å²) in [5.41, 5.74) is 1.57. The SMILES string of the molecule is O=C(CNC(=O)c1csc(C2CCNCC2)n1)N[C@@H](Cc1ccccc1)C(=O)N[C@@H](Cc1cnc[nH]1)C(=O)O. The molecule has 2 aromatic heterocycles. The molecular formula is C26H31N7O5S. The smallest absolute Gasteiger partial charge is 0.326 e. The lowest BCUT2D eigenvalue weighted by molar-refractivity contribution is -0.142. The van der Waals surface area contributed by atoms with Crippen LogP contribution in [0, 0.1) is 0 Å². The molecule has 1 fully saturated rings. The number of aromatic nitrogens is 3. The molecule has 1 aliphatic heterocycles. The highest BCUT2D eigenvalue weighted by molar-refractivity contribution is 7.09. The molecule has 1 saturated heterocycles. The van der Waals surface area contributed by atoms with E-state index in [-0.39, 0.29) is 25.1 Å². The summed E-state index contributed by atoms with van der Waals surface area (Å²) in [6, 6.07) is 6.74. The van der Waals surface area contributed by atoms with Crippen molar-refractivity contribution in [2.45, 2.75) is 43.7 Å². The maximum absolute atomic E-state index is 13.1. The van der Waals surface area contributed by atoms with Crippen LogP contribution < -0.4 is 21.3 Å². The highest BCUT2D eigenvalue weighted by atomic mass is 32.1. The van der Waals surface area contributed by atoms with Crippen LogP contribution in [0.5, 0.6) is 0 Å². The number of hydrogen-bond donors (Lipinski definition) is 6. The summed E-state index contributed by atoms with van der Waals surface area (Å²) in [5.74, 6) is -2.62. The van der Waals surface area contributed by atoms with Gasteiger partial charge < -0.3 is 31.4 Å². The van der Waals surface area contributed by atoms with Gasteiger partial charge in [-0.05, 0) is 31.5 Å². The molecule has 39 heavy (non-hydrogen) atoms. The maximum atomic E-state index is 13.1. The number of nitrogens with one attached hydrogen (secondary N) is 5. The first-order chi connectivity index (χ1) is 18.9. The van der Waals surface area contributed by atoms with Gasteiger partial charge in [0.1, 0.15) is 17.8 Å². The van der Waals surface area contributed by atoms with Gasteiger partial charge in [0.05, 0.1) is 17.9 Å². The minimum atomic E-state index is -1.23. The topological polar surface area (TPSA) is 178 Å². The van der Waals surface area contributed by atoms with Crippen LogP contribution in [-0.2, 0) is 27.2 Å². The number of carboxylic acids is 1. The number of aromatic amines is 1. The number of carboxylic acid groups (broad SMARTS) is 1. The van der Waals surface area contributed by atoms with Crippen LogP contribution in [0.1, 0.15) is 45.5 Å². The van der Waals surface area contributed by atoms with Gasteiger partial charge in [-0.15, -0.1) is 11.3 Å². The molecule has 0 saturated carbocycles. The van der Waals surface area contributed by atoms with Crippen molar-refractivity contribution in [3.8, 4) is 0 Å². The van der Waals surface area contributed by atoms with Crippen molar-refractivity contribution < 1.29 is 24.3 Å². The molecule has 206 valence electrons. The van der Waals surface area contributed by atoms with Crippen molar-refractivity contribution in [2.75, 3.05) is 19.6 Å². The van der Waals surface area contributed by atoms with Crippen LogP contribution in [-0.4, -0.2) is 75.5 Å². The molecule has 4 rings (SSSR count). The molecular weight excluding hydrogens is 522 g/mol. The molecule has 0 unspecified atom stereocenters. The Kier molecular flexibility index (Phi) is 9.75. The molecule has 0 spiro atoms. The summed E-state index contributed by atoms with van der Waals surface area (Å²) < 4.78 is 0. The molecule has 1 aliphatic rings. The molecule has 3 aromatic rings. The van der Waals surface area contributed by atoms with E-state index >= 15 is 0 Å². The number of benzene rings is 1. The van der Waals surface area contributed by atoms with E-state index in [2.05, 4.69) is 36.2 Å². The van der Waals surface area contributed by atoms with E-state index < -0.39 is 35.8 Å². The van der Waals surface area contributed by atoms with Gasteiger partial charge in [-0.3, -0.25) is 14.4 Å². The molecule has 3 heterocycles. The van der Waals surface area contributed by atoms with E-state index in [1.54, 1.807) is 29.6 Å². The van der Waals surface area contributed by atoms with Crippen LogP contribution in [0.15, 0.2) is 48.2 Å². The third-order valence-electron chi connectivity index (χ3n) is 6.38. The molecule has 0 radical (unpaired) electrons. The Labute approximate surface area is 229 Å². The second-order valence-electron chi connectivity index (χ2n) is 9.27. The van der Waals surface area contributed by atoms with E-state index in [1.807, 2.05) is 6.07 Å². The molecule has 6 N–H and O–H groups in total. The lowest BCUT2D eigenvalue weighted by Gasteiger charge is -2.21. The summed E-state index contributed by atoms with van der Waals surface area (Å²) in [5, 5.41) is 23.2. The highest BCUT2D eigenvalue weighted by Crippen LogP contribution is 2.27. The Morgan fingerprint density at radius 1 is 1.05 bits per heavy atom. The summed E-state index contributed by atoms with van der Waals surface area (Å²) in [6.07, 6.45) is 4.96. The fraction of sp³-hybridized carbons (Fsp3) is 0.385. The van der Waals surface area contributed by atoms with Crippen molar-refractivity contribution in [3.05, 3.63) is 70.2 Å². The van der Waals surface area contributed by atoms with Gasteiger partial charge in [-0.2, -0.15) is 0 Å². The molecule has 3 amide bonds. The summed E-state index contributed by atoms with van der Waals surface area (Å²) in [6.45, 7) is 1.47. The van der Waals surface area contributed by atoms with Crippen LogP contribution in [0.3, 0.4) is 0 Å². The number of hydrogen-bond acceptors (Lipinski definition) is 8. The van der Waals surface area contributed by atoms with E-state index in [9.17, 15) is 24.3 Å². The predicted octanol–water partition coefficient (Wildman–Crippen LogP) is 0.603. The van der Waals surface area contributed by atoms with E-state index in [0.717, 1.165) is 36.5 Å². The third-order valence-corrected chi connectivity index (χ3v) is 7.39. The monoisotopic (exact) mass is 553 g/mol.